The summed E-state index contributed by atoms with van der Waals surface area (Å²) < 4.78 is 3.08. The van der Waals surface area contributed by atoms with Crippen LogP contribution in [0.4, 0.5) is 11.5 Å². The van der Waals surface area contributed by atoms with E-state index in [9.17, 15) is 14.9 Å². The zero-order chi connectivity index (χ0) is 22.0. The molecule has 0 aliphatic rings. The van der Waals surface area contributed by atoms with Crippen LogP contribution in [0, 0.1) is 24.0 Å². The first-order valence-electron chi connectivity index (χ1n) is 9.48. The van der Waals surface area contributed by atoms with Gasteiger partial charge in [0.05, 0.1) is 29.0 Å². The standard InChI is InChI=1S/C21H19N7O3/c1-14-5-3-6-16(11-14)13-26-19(9-10-22-26)23-21(29)20-15(2)27(25-24-20)17-7-4-8-18(12-17)28(30)31/h3-12H,13H2,1-2H3,(H,23,29). The third-order valence-corrected chi connectivity index (χ3v) is 4.77. The lowest BCUT2D eigenvalue weighted by Gasteiger charge is -2.09. The number of non-ortho nitro benzene ring substituents is 1. The summed E-state index contributed by atoms with van der Waals surface area (Å²) in [6, 6.07) is 15.7. The fourth-order valence-corrected chi connectivity index (χ4v) is 3.25. The van der Waals surface area contributed by atoms with Crippen LogP contribution in [0.1, 0.15) is 27.3 Å². The Morgan fingerprint density at radius 3 is 2.71 bits per heavy atom. The van der Waals surface area contributed by atoms with E-state index in [-0.39, 0.29) is 11.4 Å². The lowest BCUT2D eigenvalue weighted by molar-refractivity contribution is -0.384. The van der Waals surface area contributed by atoms with Gasteiger partial charge in [-0.25, -0.2) is 9.36 Å². The average Bonchev–Trinajstić information content (AvgIpc) is 3.34. The molecule has 10 heteroatoms. The molecule has 0 spiro atoms. The Morgan fingerprint density at radius 1 is 1.13 bits per heavy atom. The van der Waals surface area contributed by atoms with Gasteiger partial charge in [0.15, 0.2) is 5.69 Å². The maximum Gasteiger partial charge on any atom is 0.279 e. The Bertz CT molecular complexity index is 1280. The Kier molecular flexibility index (Phi) is 5.27. The van der Waals surface area contributed by atoms with Crippen molar-refractivity contribution >= 4 is 17.4 Å². The third-order valence-electron chi connectivity index (χ3n) is 4.77. The third kappa shape index (κ3) is 4.17. The van der Waals surface area contributed by atoms with Gasteiger partial charge in [0.2, 0.25) is 0 Å². The second-order valence-corrected chi connectivity index (χ2v) is 7.03. The van der Waals surface area contributed by atoms with Crippen LogP contribution in [0.25, 0.3) is 5.69 Å². The molecule has 0 atom stereocenters. The van der Waals surface area contributed by atoms with Crippen molar-refractivity contribution in [1.29, 1.82) is 0 Å². The second-order valence-electron chi connectivity index (χ2n) is 7.03. The molecule has 1 N–H and O–H groups in total. The van der Waals surface area contributed by atoms with Crippen LogP contribution in [0.15, 0.2) is 60.8 Å². The van der Waals surface area contributed by atoms with Crippen LogP contribution in [0.5, 0.6) is 0 Å². The number of nitro groups is 1. The highest BCUT2D eigenvalue weighted by molar-refractivity contribution is 6.03. The van der Waals surface area contributed by atoms with Gasteiger partial charge in [0.25, 0.3) is 11.6 Å². The van der Waals surface area contributed by atoms with E-state index < -0.39 is 10.8 Å². The number of aryl methyl sites for hydroxylation is 1. The number of nitrogens with one attached hydrogen (secondary N) is 1. The van der Waals surface area contributed by atoms with E-state index in [0.29, 0.717) is 23.7 Å². The normalized spacial score (nSPS) is 10.8. The number of aromatic nitrogens is 5. The number of amides is 1. The van der Waals surface area contributed by atoms with Gasteiger partial charge in [-0.05, 0) is 25.5 Å². The smallest absolute Gasteiger partial charge is 0.279 e. The Balaban J connectivity index is 1.55. The number of nitrogens with zero attached hydrogens (tertiary/aromatic N) is 6. The highest BCUT2D eigenvalue weighted by atomic mass is 16.6. The van der Waals surface area contributed by atoms with Gasteiger partial charge in [-0.1, -0.05) is 41.1 Å². The van der Waals surface area contributed by atoms with Crippen LogP contribution < -0.4 is 5.32 Å². The maximum atomic E-state index is 12.8. The molecule has 10 nitrogen and oxygen atoms in total. The van der Waals surface area contributed by atoms with Crippen molar-refractivity contribution in [2.24, 2.45) is 0 Å². The number of hydrogen-bond donors (Lipinski definition) is 1. The fourth-order valence-electron chi connectivity index (χ4n) is 3.25. The van der Waals surface area contributed by atoms with Crippen LogP contribution in [0.3, 0.4) is 0 Å². The summed E-state index contributed by atoms with van der Waals surface area (Å²) in [5, 5.41) is 26.1. The van der Waals surface area contributed by atoms with Crippen molar-refractivity contribution in [3.63, 3.8) is 0 Å². The molecule has 0 unspecified atom stereocenters. The lowest BCUT2D eigenvalue weighted by Crippen LogP contribution is -2.17. The minimum Gasteiger partial charge on any atom is -0.305 e. The number of hydrogen-bond acceptors (Lipinski definition) is 6. The van der Waals surface area contributed by atoms with Crippen LogP contribution in [-0.2, 0) is 6.54 Å². The molecule has 4 rings (SSSR count). The highest BCUT2D eigenvalue weighted by Gasteiger charge is 2.20. The van der Waals surface area contributed by atoms with E-state index in [1.165, 1.54) is 16.8 Å². The fraction of sp³-hybridized carbons (Fsp3) is 0.143. The van der Waals surface area contributed by atoms with Gasteiger partial charge in [0.1, 0.15) is 5.82 Å². The maximum absolute atomic E-state index is 12.8. The first-order valence-corrected chi connectivity index (χ1v) is 9.48. The quantitative estimate of drug-likeness (QED) is 0.380. The molecule has 0 bridgehead atoms. The molecule has 0 radical (unpaired) electrons. The molecule has 2 aromatic carbocycles. The van der Waals surface area contributed by atoms with E-state index in [1.54, 1.807) is 36.0 Å². The predicted octanol–water partition coefficient (Wildman–Crippen LogP) is 3.29. The van der Waals surface area contributed by atoms with Crippen molar-refractivity contribution in [2.45, 2.75) is 20.4 Å². The number of carbonyl (C=O) groups excluding carboxylic acids is 1. The average molecular weight is 417 g/mol. The summed E-state index contributed by atoms with van der Waals surface area (Å²) in [5.41, 5.74) is 3.16. The van der Waals surface area contributed by atoms with Crippen LogP contribution in [-0.4, -0.2) is 35.6 Å². The van der Waals surface area contributed by atoms with E-state index in [1.807, 2.05) is 25.1 Å². The van der Waals surface area contributed by atoms with Crippen LogP contribution >= 0.6 is 0 Å². The number of benzene rings is 2. The molecule has 1 amide bonds. The zero-order valence-corrected chi connectivity index (χ0v) is 16.9. The zero-order valence-electron chi connectivity index (χ0n) is 16.9. The summed E-state index contributed by atoms with van der Waals surface area (Å²) in [7, 11) is 0. The second kappa shape index (κ2) is 8.19. The summed E-state index contributed by atoms with van der Waals surface area (Å²) in [6.45, 7) is 4.20. The van der Waals surface area contributed by atoms with Crippen molar-refractivity contribution < 1.29 is 9.72 Å². The van der Waals surface area contributed by atoms with Crippen molar-refractivity contribution in [3.05, 3.63) is 93.4 Å². The van der Waals surface area contributed by atoms with Crippen LogP contribution in [0.2, 0.25) is 0 Å². The summed E-state index contributed by atoms with van der Waals surface area (Å²) >= 11 is 0. The van der Waals surface area contributed by atoms with Gasteiger partial charge in [-0.15, -0.1) is 5.10 Å². The summed E-state index contributed by atoms with van der Waals surface area (Å²) in [6.07, 6.45) is 1.61. The molecule has 4 aromatic rings. The minimum absolute atomic E-state index is 0.0709. The van der Waals surface area contributed by atoms with Gasteiger partial charge in [-0.2, -0.15) is 5.10 Å². The summed E-state index contributed by atoms with van der Waals surface area (Å²) in [5.74, 6) is 0.0796. The minimum atomic E-state index is -0.487. The number of carbonyl (C=O) groups is 1. The molecule has 0 fully saturated rings. The molecule has 156 valence electrons. The Morgan fingerprint density at radius 2 is 1.94 bits per heavy atom. The highest BCUT2D eigenvalue weighted by Crippen LogP contribution is 2.19. The number of nitro benzene ring substituents is 1. The number of rotatable bonds is 6. The first-order chi connectivity index (χ1) is 14.9. The first kappa shape index (κ1) is 20.0. The van der Waals surface area contributed by atoms with Gasteiger partial charge >= 0.3 is 0 Å². The van der Waals surface area contributed by atoms with Crippen molar-refractivity contribution in [1.82, 2.24) is 24.8 Å². The Labute approximate surface area is 177 Å². The van der Waals surface area contributed by atoms with Gasteiger partial charge < -0.3 is 5.32 Å². The predicted molar refractivity (Wildman–Crippen MR) is 113 cm³/mol. The molecule has 2 heterocycles. The Hall–Kier alpha value is -4.34. The van der Waals surface area contributed by atoms with E-state index in [0.717, 1.165) is 11.1 Å². The molecule has 0 saturated carbocycles. The molecular formula is C21H19N7O3. The van der Waals surface area contributed by atoms with Gasteiger partial charge in [-0.3, -0.25) is 14.9 Å². The van der Waals surface area contributed by atoms with Gasteiger partial charge in [0, 0.05) is 18.2 Å². The molecule has 0 aliphatic heterocycles. The van der Waals surface area contributed by atoms with E-state index in [4.69, 9.17) is 0 Å². The summed E-state index contributed by atoms with van der Waals surface area (Å²) in [4.78, 5) is 23.4. The molecule has 2 aromatic heterocycles. The molecule has 0 aliphatic carbocycles. The number of anilines is 1. The largest absolute Gasteiger partial charge is 0.305 e. The molecular weight excluding hydrogens is 398 g/mol. The topological polar surface area (TPSA) is 121 Å². The van der Waals surface area contributed by atoms with E-state index >= 15 is 0 Å². The molecule has 31 heavy (non-hydrogen) atoms. The van der Waals surface area contributed by atoms with Crippen molar-refractivity contribution in [2.75, 3.05) is 5.32 Å². The SMILES string of the molecule is Cc1cccc(Cn2nccc2NC(=O)c2nnn(-c3cccc([N+](=O)[O-])c3)c2C)c1. The van der Waals surface area contributed by atoms with Crippen molar-refractivity contribution in [3.8, 4) is 5.69 Å². The lowest BCUT2D eigenvalue weighted by atomic mass is 10.1. The van der Waals surface area contributed by atoms with E-state index in [2.05, 4.69) is 26.8 Å². The monoisotopic (exact) mass is 417 g/mol. The molecule has 0 saturated heterocycles.